The van der Waals surface area contributed by atoms with Crippen LogP contribution in [-0.2, 0) is 11.4 Å². The predicted octanol–water partition coefficient (Wildman–Crippen LogP) is 5.14. The summed E-state index contributed by atoms with van der Waals surface area (Å²) in [5.41, 5.74) is 0.159. The van der Waals surface area contributed by atoms with Crippen molar-refractivity contribution in [2.24, 2.45) is 0 Å². The number of nitrogens with zero attached hydrogens (tertiary/aromatic N) is 4. The molecule has 1 aliphatic rings. The van der Waals surface area contributed by atoms with Crippen molar-refractivity contribution in [3.63, 3.8) is 0 Å². The molecule has 1 N–H and O–H groups in total. The van der Waals surface area contributed by atoms with Crippen molar-refractivity contribution in [1.29, 1.82) is 0 Å². The van der Waals surface area contributed by atoms with Crippen molar-refractivity contribution in [3.05, 3.63) is 68.4 Å². The van der Waals surface area contributed by atoms with Crippen LogP contribution in [0.3, 0.4) is 0 Å². The predicted molar refractivity (Wildman–Crippen MR) is 122 cm³/mol. The van der Waals surface area contributed by atoms with E-state index in [9.17, 15) is 14.9 Å². The van der Waals surface area contributed by atoms with Crippen LogP contribution in [0.2, 0.25) is 10.0 Å². The number of amides is 1. The van der Waals surface area contributed by atoms with Crippen LogP contribution in [0.25, 0.3) is 0 Å². The number of carbonyl (C=O) groups excluding carboxylic acids is 1. The molecule has 0 unspecified atom stereocenters. The van der Waals surface area contributed by atoms with E-state index in [0.717, 1.165) is 12.8 Å². The van der Waals surface area contributed by atoms with Crippen molar-refractivity contribution in [1.82, 2.24) is 14.8 Å². The van der Waals surface area contributed by atoms with Crippen molar-refractivity contribution in [2.75, 3.05) is 11.1 Å². The van der Waals surface area contributed by atoms with E-state index in [2.05, 4.69) is 15.5 Å². The summed E-state index contributed by atoms with van der Waals surface area (Å²) in [4.78, 5) is 22.6. The SMILES string of the molecule is O=C(CSc1nnc(COc2ccccc2Cl)n1C1CC1)Nc1ccc([N+](=O)[O-])cc1Cl. The van der Waals surface area contributed by atoms with Gasteiger partial charge in [-0.2, -0.15) is 0 Å². The van der Waals surface area contributed by atoms with Gasteiger partial charge in [0.25, 0.3) is 5.69 Å². The zero-order valence-electron chi connectivity index (χ0n) is 16.5. The zero-order valence-corrected chi connectivity index (χ0v) is 18.9. The Kier molecular flexibility index (Phi) is 6.83. The summed E-state index contributed by atoms with van der Waals surface area (Å²) in [6, 6.07) is 11.4. The minimum Gasteiger partial charge on any atom is -0.484 e. The second-order valence-corrected chi connectivity index (χ2v) is 8.73. The Morgan fingerprint density at radius 3 is 2.69 bits per heavy atom. The summed E-state index contributed by atoms with van der Waals surface area (Å²) < 4.78 is 7.79. The molecule has 4 rings (SSSR count). The molecule has 12 heteroatoms. The van der Waals surface area contributed by atoms with Crippen LogP contribution in [0.15, 0.2) is 47.6 Å². The van der Waals surface area contributed by atoms with Gasteiger partial charge in [-0.15, -0.1) is 10.2 Å². The van der Waals surface area contributed by atoms with Crippen LogP contribution in [0, 0.1) is 10.1 Å². The first-order chi connectivity index (χ1) is 15.4. The van der Waals surface area contributed by atoms with Gasteiger partial charge in [0, 0.05) is 18.2 Å². The molecule has 1 saturated carbocycles. The fourth-order valence-corrected chi connectivity index (χ4v) is 4.18. The number of anilines is 1. The number of halogens is 2. The first kappa shape index (κ1) is 22.4. The third-order valence-corrected chi connectivity index (χ3v) is 6.18. The lowest BCUT2D eigenvalue weighted by Crippen LogP contribution is -2.15. The summed E-state index contributed by atoms with van der Waals surface area (Å²) in [5, 5.41) is 23.2. The van der Waals surface area contributed by atoms with Gasteiger partial charge in [-0.05, 0) is 31.0 Å². The third kappa shape index (κ3) is 5.32. The van der Waals surface area contributed by atoms with E-state index in [1.165, 1.54) is 30.0 Å². The average Bonchev–Trinajstić information content (AvgIpc) is 3.53. The van der Waals surface area contributed by atoms with Crippen molar-refractivity contribution in [2.45, 2.75) is 30.6 Å². The van der Waals surface area contributed by atoms with Gasteiger partial charge in [0.1, 0.15) is 12.4 Å². The van der Waals surface area contributed by atoms with Crippen LogP contribution >= 0.6 is 35.0 Å². The first-order valence-electron chi connectivity index (χ1n) is 9.60. The molecule has 1 amide bonds. The molecule has 0 bridgehead atoms. The third-order valence-electron chi connectivity index (χ3n) is 4.61. The summed E-state index contributed by atoms with van der Waals surface area (Å²) in [5.74, 6) is 0.982. The van der Waals surface area contributed by atoms with Gasteiger partial charge in [-0.1, -0.05) is 47.1 Å². The molecule has 32 heavy (non-hydrogen) atoms. The first-order valence-corrected chi connectivity index (χ1v) is 11.3. The van der Waals surface area contributed by atoms with Gasteiger partial charge in [0.2, 0.25) is 5.91 Å². The van der Waals surface area contributed by atoms with E-state index in [1.807, 2.05) is 16.7 Å². The number of rotatable bonds is 9. The number of nitrogens with one attached hydrogen (secondary N) is 1. The lowest BCUT2D eigenvalue weighted by molar-refractivity contribution is -0.384. The summed E-state index contributed by atoms with van der Waals surface area (Å²) >= 11 is 13.4. The molecule has 1 heterocycles. The summed E-state index contributed by atoms with van der Waals surface area (Å²) in [7, 11) is 0. The van der Waals surface area contributed by atoms with E-state index >= 15 is 0 Å². The Balaban J connectivity index is 1.39. The maximum Gasteiger partial charge on any atom is 0.271 e. The standard InChI is InChI=1S/C20H17Cl2N5O4S/c21-14-3-1-2-4-17(14)31-10-18-24-25-20(26(18)12-5-6-12)32-11-19(28)23-16-8-7-13(27(29)30)9-15(16)22/h1-4,7-9,12H,5-6,10-11H2,(H,23,28). The van der Waals surface area contributed by atoms with E-state index < -0.39 is 4.92 Å². The number of carbonyl (C=O) groups is 1. The lowest BCUT2D eigenvalue weighted by atomic mass is 10.3. The van der Waals surface area contributed by atoms with Crippen LogP contribution in [-0.4, -0.2) is 31.3 Å². The number of para-hydroxylation sites is 1. The highest BCUT2D eigenvalue weighted by Gasteiger charge is 2.30. The van der Waals surface area contributed by atoms with Crippen molar-refractivity contribution < 1.29 is 14.5 Å². The fraction of sp³-hybridized carbons (Fsp3) is 0.250. The Bertz CT molecular complexity index is 1170. The Hall–Kier alpha value is -2.82. The molecule has 0 aliphatic heterocycles. The average molecular weight is 494 g/mol. The van der Waals surface area contributed by atoms with Crippen LogP contribution in [0.1, 0.15) is 24.7 Å². The Morgan fingerprint density at radius 1 is 1.22 bits per heavy atom. The normalized spacial score (nSPS) is 13.1. The Labute approximate surface area is 197 Å². The number of aromatic nitrogens is 3. The largest absolute Gasteiger partial charge is 0.484 e. The molecule has 1 aromatic heterocycles. The molecule has 2 aromatic carbocycles. The van der Waals surface area contributed by atoms with Gasteiger partial charge < -0.3 is 10.1 Å². The molecule has 9 nitrogen and oxygen atoms in total. The van der Waals surface area contributed by atoms with E-state index in [1.54, 1.807) is 12.1 Å². The number of nitro benzene ring substituents is 1. The molecule has 0 atom stereocenters. The van der Waals surface area contributed by atoms with Gasteiger partial charge in [0.05, 0.1) is 26.4 Å². The minimum atomic E-state index is -0.551. The maximum atomic E-state index is 12.4. The number of hydrogen-bond acceptors (Lipinski definition) is 7. The molecule has 166 valence electrons. The topological polar surface area (TPSA) is 112 Å². The van der Waals surface area contributed by atoms with Gasteiger partial charge in [0.15, 0.2) is 11.0 Å². The number of benzene rings is 2. The summed E-state index contributed by atoms with van der Waals surface area (Å²) in [6.07, 6.45) is 2.02. The fourth-order valence-electron chi connectivity index (χ4n) is 2.94. The van der Waals surface area contributed by atoms with Gasteiger partial charge in [-0.3, -0.25) is 19.5 Å². The number of thioether (sulfide) groups is 1. The molecule has 3 aromatic rings. The number of nitro groups is 1. The monoisotopic (exact) mass is 493 g/mol. The number of ether oxygens (including phenoxy) is 1. The molecule has 0 radical (unpaired) electrons. The van der Waals surface area contributed by atoms with E-state index in [-0.39, 0.29) is 35.0 Å². The highest BCUT2D eigenvalue weighted by Crippen LogP contribution is 2.39. The van der Waals surface area contributed by atoms with Gasteiger partial charge >= 0.3 is 0 Å². The van der Waals surface area contributed by atoms with E-state index in [4.69, 9.17) is 27.9 Å². The maximum absolute atomic E-state index is 12.4. The molecule has 1 fully saturated rings. The highest BCUT2D eigenvalue weighted by atomic mass is 35.5. The molecular formula is C20H17Cl2N5O4S. The lowest BCUT2D eigenvalue weighted by Gasteiger charge is -2.11. The van der Waals surface area contributed by atoms with Crippen molar-refractivity contribution >= 4 is 52.2 Å². The second kappa shape index (κ2) is 9.76. The Morgan fingerprint density at radius 2 is 2.00 bits per heavy atom. The highest BCUT2D eigenvalue weighted by molar-refractivity contribution is 7.99. The quantitative estimate of drug-likeness (QED) is 0.249. The van der Waals surface area contributed by atoms with Crippen molar-refractivity contribution in [3.8, 4) is 5.75 Å². The molecule has 0 spiro atoms. The number of non-ortho nitro benzene ring substituents is 1. The van der Waals surface area contributed by atoms with E-state index in [0.29, 0.717) is 27.4 Å². The minimum absolute atomic E-state index is 0.0730. The number of hydrogen-bond donors (Lipinski definition) is 1. The molecule has 1 aliphatic carbocycles. The van der Waals surface area contributed by atoms with Crippen LogP contribution < -0.4 is 10.1 Å². The van der Waals surface area contributed by atoms with Crippen LogP contribution in [0.4, 0.5) is 11.4 Å². The smallest absolute Gasteiger partial charge is 0.271 e. The second-order valence-electron chi connectivity index (χ2n) is 6.98. The molecular weight excluding hydrogens is 477 g/mol. The van der Waals surface area contributed by atoms with Gasteiger partial charge in [-0.25, -0.2) is 0 Å². The summed E-state index contributed by atoms with van der Waals surface area (Å²) in [6.45, 7) is 0.207. The van der Waals surface area contributed by atoms with Crippen LogP contribution in [0.5, 0.6) is 5.75 Å². The zero-order chi connectivity index (χ0) is 22.7. The molecule has 0 saturated heterocycles.